The second-order valence-electron chi connectivity index (χ2n) is 5.11. The van der Waals surface area contributed by atoms with Crippen LogP contribution in [0, 0.1) is 6.92 Å². The van der Waals surface area contributed by atoms with E-state index in [9.17, 15) is 9.59 Å². The molecule has 0 spiro atoms. The van der Waals surface area contributed by atoms with Gasteiger partial charge in [0.2, 0.25) is 11.8 Å². The summed E-state index contributed by atoms with van der Waals surface area (Å²) in [6, 6.07) is 3.36. The lowest BCUT2D eigenvalue weighted by Gasteiger charge is -2.13. The molecule has 6 heteroatoms. The summed E-state index contributed by atoms with van der Waals surface area (Å²) in [5.74, 6) is 0.460. The molecule has 1 saturated heterocycles. The van der Waals surface area contributed by atoms with Crippen LogP contribution in [0.3, 0.4) is 0 Å². The maximum atomic E-state index is 11.9. The zero-order valence-electron chi connectivity index (χ0n) is 12.2. The summed E-state index contributed by atoms with van der Waals surface area (Å²) in [4.78, 5) is 22.9. The maximum Gasteiger partial charge on any atom is 0.242 e. The van der Waals surface area contributed by atoms with Gasteiger partial charge in [0, 0.05) is 13.0 Å². The van der Waals surface area contributed by atoms with Crippen LogP contribution in [0.2, 0.25) is 5.02 Å². The number of benzene rings is 1. The lowest BCUT2D eigenvalue weighted by molar-refractivity contribution is -0.125. The van der Waals surface area contributed by atoms with Crippen LogP contribution in [-0.2, 0) is 16.0 Å². The number of carbonyl (C=O) groups excluding carboxylic acids is 2. The molecule has 1 aliphatic rings. The molecule has 0 bridgehead atoms. The molecule has 1 unspecified atom stereocenters. The summed E-state index contributed by atoms with van der Waals surface area (Å²) in [5.41, 5.74) is 2.14. The van der Waals surface area contributed by atoms with Crippen molar-refractivity contribution in [2.24, 2.45) is 0 Å². The number of methoxy groups -OCH3 is 1. The molecule has 114 valence electrons. The Morgan fingerprint density at radius 1 is 1.52 bits per heavy atom. The molecule has 2 amide bonds. The van der Waals surface area contributed by atoms with E-state index < -0.39 is 6.04 Å². The Labute approximate surface area is 129 Å². The van der Waals surface area contributed by atoms with Crippen molar-refractivity contribution in [2.75, 3.05) is 13.7 Å². The Kier molecular flexibility index (Phi) is 5.07. The molecule has 2 rings (SSSR count). The molecular formula is C15H19ClN2O3. The van der Waals surface area contributed by atoms with Gasteiger partial charge in [0.25, 0.3) is 0 Å². The lowest BCUT2D eigenvalue weighted by atomic mass is 10.1. The second kappa shape index (κ2) is 6.80. The number of ether oxygens (including phenoxy) is 1. The molecule has 1 aliphatic heterocycles. The van der Waals surface area contributed by atoms with E-state index in [1.54, 1.807) is 7.11 Å². The quantitative estimate of drug-likeness (QED) is 0.868. The smallest absolute Gasteiger partial charge is 0.242 e. The summed E-state index contributed by atoms with van der Waals surface area (Å²) < 4.78 is 5.16. The highest BCUT2D eigenvalue weighted by Gasteiger charge is 2.26. The van der Waals surface area contributed by atoms with E-state index in [-0.39, 0.29) is 11.8 Å². The van der Waals surface area contributed by atoms with Gasteiger partial charge in [0.15, 0.2) is 0 Å². The molecule has 1 aromatic carbocycles. The summed E-state index contributed by atoms with van der Waals surface area (Å²) in [6.07, 6.45) is 1.67. The van der Waals surface area contributed by atoms with Crippen molar-refractivity contribution in [1.82, 2.24) is 10.6 Å². The minimum atomic E-state index is -0.391. The van der Waals surface area contributed by atoms with Gasteiger partial charge in [-0.25, -0.2) is 0 Å². The van der Waals surface area contributed by atoms with E-state index in [1.165, 1.54) is 0 Å². The Hall–Kier alpha value is -1.75. The number of rotatable bonds is 5. The van der Waals surface area contributed by atoms with E-state index in [0.717, 1.165) is 11.1 Å². The number of hydrogen-bond acceptors (Lipinski definition) is 3. The first-order chi connectivity index (χ1) is 10.0. The van der Waals surface area contributed by atoms with Crippen LogP contribution in [-0.4, -0.2) is 31.5 Å². The molecule has 1 fully saturated rings. The average Bonchev–Trinajstić information content (AvgIpc) is 2.88. The predicted octanol–water partition coefficient (Wildman–Crippen LogP) is 1.59. The first kappa shape index (κ1) is 15.6. The summed E-state index contributed by atoms with van der Waals surface area (Å²) in [5, 5.41) is 6.05. The van der Waals surface area contributed by atoms with Crippen molar-refractivity contribution in [3.8, 4) is 5.75 Å². The molecule has 1 atom stereocenters. The Morgan fingerprint density at radius 3 is 2.90 bits per heavy atom. The van der Waals surface area contributed by atoms with Crippen LogP contribution in [0.25, 0.3) is 0 Å². The Morgan fingerprint density at radius 2 is 2.29 bits per heavy atom. The zero-order valence-corrected chi connectivity index (χ0v) is 12.9. The highest BCUT2D eigenvalue weighted by molar-refractivity contribution is 6.32. The van der Waals surface area contributed by atoms with Crippen LogP contribution >= 0.6 is 11.6 Å². The average molecular weight is 311 g/mol. The molecule has 1 aromatic rings. The first-order valence-electron chi connectivity index (χ1n) is 6.91. The van der Waals surface area contributed by atoms with Gasteiger partial charge in [-0.15, -0.1) is 0 Å². The number of aryl methyl sites for hydroxylation is 1. The summed E-state index contributed by atoms with van der Waals surface area (Å²) in [6.45, 7) is 2.49. The van der Waals surface area contributed by atoms with Gasteiger partial charge in [0.05, 0.1) is 12.1 Å². The van der Waals surface area contributed by atoms with Crippen LogP contribution in [0.1, 0.15) is 24.0 Å². The minimum Gasteiger partial charge on any atom is -0.495 e. The van der Waals surface area contributed by atoms with E-state index in [2.05, 4.69) is 10.6 Å². The SMILES string of the molecule is COc1cc(C)c(CCNC(=O)C2CCC(=O)N2)cc1Cl. The number of carbonyl (C=O) groups is 2. The summed E-state index contributed by atoms with van der Waals surface area (Å²) in [7, 11) is 1.58. The van der Waals surface area contributed by atoms with Crippen LogP contribution in [0.4, 0.5) is 0 Å². The Balaban J connectivity index is 1.87. The molecule has 5 nitrogen and oxygen atoms in total. The van der Waals surface area contributed by atoms with E-state index >= 15 is 0 Å². The zero-order chi connectivity index (χ0) is 15.4. The monoisotopic (exact) mass is 310 g/mol. The molecule has 2 N–H and O–H groups in total. The molecule has 0 aliphatic carbocycles. The number of halogens is 1. The van der Waals surface area contributed by atoms with Gasteiger partial charge < -0.3 is 15.4 Å². The van der Waals surface area contributed by atoms with E-state index in [4.69, 9.17) is 16.3 Å². The largest absolute Gasteiger partial charge is 0.495 e. The van der Waals surface area contributed by atoms with Gasteiger partial charge in [-0.1, -0.05) is 11.6 Å². The third-order valence-corrected chi connectivity index (χ3v) is 3.91. The molecule has 21 heavy (non-hydrogen) atoms. The fourth-order valence-electron chi connectivity index (χ4n) is 2.38. The lowest BCUT2D eigenvalue weighted by Crippen LogP contribution is -2.42. The molecule has 1 heterocycles. The highest BCUT2D eigenvalue weighted by atomic mass is 35.5. The van der Waals surface area contributed by atoms with Crippen molar-refractivity contribution < 1.29 is 14.3 Å². The highest BCUT2D eigenvalue weighted by Crippen LogP contribution is 2.27. The van der Waals surface area contributed by atoms with E-state index in [1.807, 2.05) is 19.1 Å². The standard InChI is InChI=1S/C15H19ClN2O3/c1-9-7-13(21-2)11(16)8-10(9)5-6-17-15(20)12-3-4-14(19)18-12/h7-8,12H,3-6H2,1-2H3,(H,17,20)(H,18,19). The van der Waals surface area contributed by atoms with Crippen LogP contribution < -0.4 is 15.4 Å². The minimum absolute atomic E-state index is 0.0621. The number of nitrogens with one attached hydrogen (secondary N) is 2. The van der Waals surface area contributed by atoms with Crippen molar-refractivity contribution in [3.63, 3.8) is 0 Å². The third-order valence-electron chi connectivity index (χ3n) is 3.62. The number of hydrogen-bond donors (Lipinski definition) is 2. The van der Waals surface area contributed by atoms with Gasteiger partial charge >= 0.3 is 0 Å². The van der Waals surface area contributed by atoms with Crippen molar-refractivity contribution >= 4 is 23.4 Å². The molecule has 0 saturated carbocycles. The summed E-state index contributed by atoms with van der Waals surface area (Å²) >= 11 is 6.10. The normalized spacial score (nSPS) is 17.5. The topological polar surface area (TPSA) is 67.4 Å². The van der Waals surface area contributed by atoms with Crippen molar-refractivity contribution in [2.45, 2.75) is 32.2 Å². The van der Waals surface area contributed by atoms with Gasteiger partial charge in [-0.05, 0) is 43.0 Å². The van der Waals surface area contributed by atoms with Crippen molar-refractivity contribution in [3.05, 3.63) is 28.3 Å². The third kappa shape index (κ3) is 3.88. The first-order valence-corrected chi connectivity index (χ1v) is 7.29. The molecule has 0 radical (unpaired) electrons. The fourth-order valence-corrected chi connectivity index (χ4v) is 2.64. The van der Waals surface area contributed by atoms with Crippen molar-refractivity contribution in [1.29, 1.82) is 0 Å². The molecule has 0 aromatic heterocycles. The molecular weight excluding hydrogens is 292 g/mol. The van der Waals surface area contributed by atoms with Crippen LogP contribution in [0.5, 0.6) is 5.75 Å². The van der Waals surface area contributed by atoms with Gasteiger partial charge in [-0.3, -0.25) is 9.59 Å². The second-order valence-corrected chi connectivity index (χ2v) is 5.52. The van der Waals surface area contributed by atoms with Crippen LogP contribution in [0.15, 0.2) is 12.1 Å². The van der Waals surface area contributed by atoms with E-state index in [0.29, 0.717) is 36.6 Å². The maximum absolute atomic E-state index is 11.9. The van der Waals surface area contributed by atoms with Gasteiger partial charge in [0.1, 0.15) is 11.8 Å². The number of amides is 2. The fraction of sp³-hybridized carbons (Fsp3) is 0.467. The van der Waals surface area contributed by atoms with Gasteiger partial charge in [-0.2, -0.15) is 0 Å². The predicted molar refractivity (Wildman–Crippen MR) is 80.6 cm³/mol. The Bertz CT molecular complexity index is 560.